The SMILES string of the molecule is CCOc1ccc(C(=O)NCCNC(=O)c2nc(-c3cc(Cl)ccc3OC)no2)cc1OCC. The van der Waals surface area contributed by atoms with Crippen LogP contribution in [0.5, 0.6) is 17.2 Å². The number of hydrogen-bond acceptors (Lipinski definition) is 8. The van der Waals surface area contributed by atoms with Crippen molar-refractivity contribution in [1.82, 2.24) is 20.8 Å². The number of hydrogen-bond donors (Lipinski definition) is 2. The van der Waals surface area contributed by atoms with E-state index in [1.54, 1.807) is 36.4 Å². The molecular weight excluding hydrogens is 464 g/mol. The molecule has 0 atom stereocenters. The Morgan fingerprint density at radius 3 is 2.32 bits per heavy atom. The van der Waals surface area contributed by atoms with Gasteiger partial charge in [-0.3, -0.25) is 9.59 Å². The van der Waals surface area contributed by atoms with Crippen molar-refractivity contribution in [3.63, 3.8) is 0 Å². The molecule has 0 unspecified atom stereocenters. The fraction of sp³-hybridized carbons (Fsp3) is 0.304. The average Bonchev–Trinajstić information content (AvgIpc) is 3.33. The first kappa shape index (κ1) is 24.8. The minimum atomic E-state index is -0.575. The smallest absolute Gasteiger partial charge is 0.316 e. The Kier molecular flexibility index (Phi) is 8.69. The lowest BCUT2D eigenvalue weighted by molar-refractivity contribution is 0.0898. The van der Waals surface area contributed by atoms with Crippen molar-refractivity contribution in [1.29, 1.82) is 0 Å². The lowest BCUT2D eigenvalue weighted by atomic mass is 10.2. The summed E-state index contributed by atoms with van der Waals surface area (Å²) in [6.07, 6.45) is 0. The van der Waals surface area contributed by atoms with Crippen LogP contribution in [-0.4, -0.2) is 55.4 Å². The molecule has 2 N–H and O–H groups in total. The Labute approximate surface area is 201 Å². The lowest BCUT2D eigenvalue weighted by Crippen LogP contribution is -2.34. The van der Waals surface area contributed by atoms with E-state index in [2.05, 4.69) is 20.8 Å². The molecule has 10 nitrogen and oxygen atoms in total. The van der Waals surface area contributed by atoms with Crippen molar-refractivity contribution < 1.29 is 28.3 Å². The Morgan fingerprint density at radius 2 is 1.62 bits per heavy atom. The van der Waals surface area contributed by atoms with Gasteiger partial charge in [-0.15, -0.1) is 0 Å². The van der Waals surface area contributed by atoms with E-state index in [0.717, 1.165) is 0 Å². The van der Waals surface area contributed by atoms with Crippen molar-refractivity contribution >= 4 is 23.4 Å². The second-order valence-electron chi connectivity index (χ2n) is 6.81. The van der Waals surface area contributed by atoms with Gasteiger partial charge in [0.15, 0.2) is 11.5 Å². The van der Waals surface area contributed by atoms with Gasteiger partial charge in [0.05, 0.1) is 25.9 Å². The number of carbonyl (C=O) groups excluding carboxylic acids is 2. The number of halogens is 1. The molecule has 0 spiro atoms. The zero-order valence-corrected chi connectivity index (χ0v) is 19.8. The van der Waals surface area contributed by atoms with E-state index in [1.807, 2.05) is 13.8 Å². The molecule has 0 saturated carbocycles. The second kappa shape index (κ2) is 11.9. The summed E-state index contributed by atoms with van der Waals surface area (Å²) < 4.78 is 21.4. The summed E-state index contributed by atoms with van der Waals surface area (Å²) in [6, 6.07) is 9.89. The van der Waals surface area contributed by atoms with Crippen molar-refractivity contribution in [3.8, 4) is 28.6 Å². The number of amides is 2. The fourth-order valence-corrected chi connectivity index (χ4v) is 3.17. The van der Waals surface area contributed by atoms with E-state index < -0.39 is 5.91 Å². The summed E-state index contributed by atoms with van der Waals surface area (Å²) in [4.78, 5) is 28.9. The number of nitrogens with zero attached hydrogens (tertiary/aromatic N) is 2. The maximum Gasteiger partial charge on any atom is 0.316 e. The summed E-state index contributed by atoms with van der Waals surface area (Å²) in [5, 5.41) is 9.63. The molecule has 0 fully saturated rings. The zero-order valence-electron chi connectivity index (χ0n) is 19.0. The molecule has 0 aliphatic heterocycles. The molecule has 11 heteroatoms. The van der Waals surface area contributed by atoms with Gasteiger partial charge in [-0.25, -0.2) is 0 Å². The lowest BCUT2D eigenvalue weighted by Gasteiger charge is -2.12. The zero-order chi connectivity index (χ0) is 24.5. The highest BCUT2D eigenvalue weighted by molar-refractivity contribution is 6.30. The van der Waals surface area contributed by atoms with E-state index in [1.165, 1.54) is 7.11 Å². The van der Waals surface area contributed by atoms with Gasteiger partial charge in [0, 0.05) is 23.7 Å². The third-order valence-corrected chi connectivity index (χ3v) is 4.76. The van der Waals surface area contributed by atoms with Crippen molar-refractivity contribution in [2.75, 3.05) is 33.4 Å². The number of carbonyl (C=O) groups is 2. The van der Waals surface area contributed by atoms with Crippen LogP contribution in [0.1, 0.15) is 34.9 Å². The maximum atomic E-state index is 12.4. The number of rotatable bonds is 11. The largest absolute Gasteiger partial charge is 0.496 e. The third-order valence-electron chi connectivity index (χ3n) is 4.52. The third kappa shape index (κ3) is 6.16. The summed E-state index contributed by atoms with van der Waals surface area (Å²) in [6.45, 7) is 4.98. The molecule has 2 aromatic carbocycles. The Bertz CT molecular complexity index is 1150. The fourth-order valence-electron chi connectivity index (χ4n) is 3.00. The number of methoxy groups -OCH3 is 1. The minimum absolute atomic E-state index is 0.151. The van der Waals surface area contributed by atoms with Crippen LogP contribution in [0, 0.1) is 0 Å². The van der Waals surface area contributed by atoms with Gasteiger partial charge in [-0.2, -0.15) is 4.98 Å². The van der Waals surface area contributed by atoms with Gasteiger partial charge >= 0.3 is 11.8 Å². The van der Waals surface area contributed by atoms with Gasteiger partial charge in [-0.1, -0.05) is 16.8 Å². The highest BCUT2D eigenvalue weighted by atomic mass is 35.5. The molecule has 3 rings (SSSR count). The Hall–Kier alpha value is -3.79. The van der Waals surface area contributed by atoms with Crippen LogP contribution in [0.4, 0.5) is 0 Å². The van der Waals surface area contributed by atoms with Gasteiger partial charge in [0.2, 0.25) is 5.82 Å². The molecule has 0 bridgehead atoms. The van der Waals surface area contributed by atoms with Crippen LogP contribution >= 0.6 is 11.6 Å². The van der Waals surface area contributed by atoms with Crippen LogP contribution in [0.25, 0.3) is 11.4 Å². The summed E-state index contributed by atoms with van der Waals surface area (Å²) in [7, 11) is 1.50. The molecule has 0 aliphatic carbocycles. The molecule has 3 aromatic rings. The van der Waals surface area contributed by atoms with Crippen molar-refractivity contribution in [2.24, 2.45) is 0 Å². The number of nitrogens with one attached hydrogen (secondary N) is 2. The van der Waals surface area contributed by atoms with Crippen LogP contribution < -0.4 is 24.8 Å². The predicted molar refractivity (Wildman–Crippen MR) is 125 cm³/mol. The van der Waals surface area contributed by atoms with E-state index in [4.69, 9.17) is 30.3 Å². The number of benzene rings is 2. The number of ether oxygens (including phenoxy) is 3. The van der Waals surface area contributed by atoms with Crippen molar-refractivity contribution in [3.05, 3.63) is 52.9 Å². The number of aromatic nitrogens is 2. The van der Waals surface area contributed by atoms with E-state index in [0.29, 0.717) is 46.6 Å². The van der Waals surface area contributed by atoms with Gasteiger partial charge < -0.3 is 29.4 Å². The molecule has 2 amide bonds. The van der Waals surface area contributed by atoms with E-state index >= 15 is 0 Å². The van der Waals surface area contributed by atoms with Crippen molar-refractivity contribution in [2.45, 2.75) is 13.8 Å². The molecule has 1 aromatic heterocycles. The standard InChI is InChI=1S/C23H25ClN4O6/c1-4-32-18-8-6-14(12-19(18)33-5-2)21(29)25-10-11-26-22(30)23-27-20(28-34-23)16-13-15(24)7-9-17(16)31-3/h6-9,12-13H,4-5,10-11H2,1-3H3,(H,25,29)(H,26,30). The maximum absolute atomic E-state index is 12.4. The van der Waals surface area contributed by atoms with Crippen LogP contribution in [0.3, 0.4) is 0 Å². The summed E-state index contributed by atoms with van der Waals surface area (Å²) in [5.41, 5.74) is 0.905. The first-order chi connectivity index (χ1) is 16.5. The molecule has 180 valence electrons. The molecule has 0 saturated heterocycles. The molecule has 0 radical (unpaired) electrons. The Morgan fingerprint density at radius 1 is 0.941 bits per heavy atom. The second-order valence-corrected chi connectivity index (χ2v) is 7.24. The quantitative estimate of drug-likeness (QED) is 0.394. The van der Waals surface area contributed by atoms with E-state index in [9.17, 15) is 9.59 Å². The molecule has 0 aliphatic rings. The van der Waals surface area contributed by atoms with Gasteiger partial charge in [0.1, 0.15) is 5.75 Å². The highest BCUT2D eigenvalue weighted by Gasteiger charge is 2.19. The predicted octanol–water partition coefficient (Wildman–Crippen LogP) is 3.36. The average molecular weight is 489 g/mol. The molecule has 34 heavy (non-hydrogen) atoms. The first-order valence-corrected chi connectivity index (χ1v) is 11.0. The monoisotopic (exact) mass is 488 g/mol. The summed E-state index contributed by atoms with van der Waals surface area (Å²) in [5.74, 6) is 0.604. The highest BCUT2D eigenvalue weighted by Crippen LogP contribution is 2.30. The topological polar surface area (TPSA) is 125 Å². The van der Waals surface area contributed by atoms with Crippen LogP contribution in [0.15, 0.2) is 40.9 Å². The van der Waals surface area contributed by atoms with Crippen LogP contribution in [0.2, 0.25) is 5.02 Å². The first-order valence-electron chi connectivity index (χ1n) is 10.6. The van der Waals surface area contributed by atoms with E-state index in [-0.39, 0.29) is 30.7 Å². The molecular formula is C23H25ClN4O6. The van der Waals surface area contributed by atoms with Gasteiger partial charge in [-0.05, 0) is 50.2 Å². The summed E-state index contributed by atoms with van der Waals surface area (Å²) >= 11 is 6.02. The van der Waals surface area contributed by atoms with Gasteiger partial charge in [0.25, 0.3) is 5.91 Å². The molecule has 1 heterocycles. The van der Waals surface area contributed by atoms with Crippen LogP contribution in [-0.2, 0) is 0 Å². The normalized spacial score (nSPS) is 10.5. The Balaban J connectivity index is 1.54. The minimum Gasteiger partial charge on any atom is -0.496 e.